The molecule has 0 N–H and O–H groups in total. The number of hydrogen-bond acceptors (Lipinski definition) is 3. The number of aromatic nitrogens is 2. The lowest BCUT2D eigenvalue weighted by atomic mass is 10.2. The van der Waals surface area contributed by atoms with Crippen molar-refractivity contribution >= 4 is 33.3 Å². The number of anilines is 1. The summed E-state index contributed by atoms with van der Waals surface area (Å²) in [6.07, 6.45) is 1.74. The van der Waals surface area contributed by atoms with Crippen LogP contribution in [0.3, 0.4) is 0 Å². The maximum absolute atomic E-state index is 5.84. The smallest absolute Gasteiger partial charge is 0.224 e. The molecule has 94 valence electrons. The maximum Gasteiger partial charge on any atom is 0.224 e. The summed E-state index contributed by atoms with van der Waals surface area (Å²) < 4.78 is 1.09. The van der Waals surface area contributed by atoms with Crippen LogP contribution in [-0.4, -0.2) is 17.0 Å². The molecule has 2 aromatic rings. The van der Waals surface area contributed by atoms with E-state index in [0.29, 0.717) is 0 Å². The second kappa shape index (κ2) is 5.67. The van der Waals surface area contributed by atoms with E-state index < -0.39 is 0 Å². The summed E-state index contributed by atoms with van der Waals surface area (Å²) in [4.78, 5) is 10.3. The van der Waals surface area contributed by atoms with Crippen molar-refractivity contribution in [2.45, 2.75) is 13.5 Å². The van der Waals surface area contributed by atoms with Gasteiger partial charge in [0.15, 0.2) is 0 Å². The van der Waals surface area contributed by atoms with Crippen LogP contribution in [0.15, 0.2) is 34.9 Å². The molecule has 0 aliphatic carbocycles. The number of halogens is 2. The summed E-state index contributed by atoms with van der Waals surface area (Å²) >= 11 is 9.38. The fraction of sp³-hybridized carbons (Fsp3) is 0.231. The van der Waals surface area contributed by atoms with Crippen LogP contribution in [0.2, 0.25) is 5.28 Å². The molecule has 0 spiro atoms. The number of hydrogen-bond donors (Lipinski definition) is 0. The Bertz CT molecular complexity index is 560. The van der Waals surface area contributed by atoms with Gasteiger partial charge in [0, 0.05) is 29.8 Å². The molecule has 0 radical (unpaired) electrons. The summed E-state index contributed by atoms with van der Waals surface area (Å²) in [7, 11) is 1.99. The van der Waals surface area contributed by atoms with Gasteiger partial charge in [-0.05, 0) is 30.2 Å². The number of aryl methyl sites for hydroxylation is 1. The number of rotatable bonds is 3. The van der Waals surface area contributed by atoms with Crippen molar-refractivity contribution in [1.82, 2.24) is 9.97 Å². The Labute approximate surface area is 120 Å². The Hall–Kier alpha value is -1.13. The lowest BCUT2D eigenvalue weighted by Gasteiger charge is -2.20. The highest BCUT2D eigenvalue weighted by atomic mass is 79.9. The zero-order chi connectivity index (χ0) is 13.1. The minimum Gasteiger partial charge on any atom is -0.355 e. The van der Waals surface area contributed by atoms with Gasteiger partial charge in [-0.2, -0.15) is 0 Å². The molecule has 2 rings (SSSR count). The minimum absolute atomic E-state index is 0.273. The van der Waals surface area contributed by atoms with Gasteiger partial charge >= 0.3 is 0 Å². The van der Waals surface area contributed by atoms with E-state index in [1.54, 1.807) is 6.20 Å². The van der Waals surface area contributed by atoms with Crippen molar-refractivity contribution in [2.24, 2.45) is 0 Å². The molecule has 0 saturated heterocycles. The van der Waals surface area contributed by atoms with Crippen LogP contribution in [0.1, 0.15) is 11.1 Å². The average Bonchev–Trinajstić information content (AvgIpc) is 2.35. The van der Waals surface area contributed by atoms with Gasteiger partial charge in [0.05, 0.1) is 0 Å². The SMILES string of the molecule is Cc1cnc(Cl)nc1N(C)Cc1ccccc1Br. The van der Waals surface area contributed by atoms with Crippen LogP contribution >= 0.6 is 27.5 Å². The summed E-state index contributed by atoms with van der Waals surface area (Å²) in [6, 6.07) is 8.13. The van der Waals surface area contributed by atoms with Crippen molar-refractivity contribution < 1.29 is 0 Å². The zero-order valence-electron chi connectivity index (χ0n) is 10.2. The molecule has 0 amide bonds. The van der Waals surface area contributed by atoms with E-state index in [0.717, 1.165) is 22.4 Å². The second-order valence-corrected chi connectivity index (χ2v) is 5.29. The van der Waals surface area contributed by atoms with E-state index in [-0.39, 0.29) is 5.28 Å². The normalized spacial score (nSPS) is 10.4. The van der Waals surface area contributed by atoms with Gasteiger partial charge in [-0.25, -0.2) is 9.97 Å². The first-order valence-electron chi connectivity index (χ1n) is 5.51. The molecule has 0 fully saturated rings. The van der Waals surface area contributed by atoms with Crippen LogP contribution in [0, 0.1) is 6.92 Å². The predicted molar refractivity (Wildman–Crippen MR) is 78.0 cm³/mol. The quantitative estimate of drug-likeness (QED) is 0.803. The molecule has 18 heavy (non-hydrogen) atoms. The van der Waals surface area contributed by atoms with Gasteiger partial charge in [0.1, 0.15) is 5.82 Å². The average molecular weight is 327 g/mol. The molecule has 0 atom stereocenters. The third-order valence-electron chi connectivity index (χ3n) is 2.64. The highest BCUT2D eigenvalue weighted by Gasteiger charge is 2.10. The van der Waals surface area contributed by atoms with E-state index in [9.17, 15) is 0 Å². The van der Waals surface area contributed by atoms with Crippen molar-refractivity contribution in [3.8, 4) is 0 Å². The summed E-state index contributed by atoms with van der Waals surface area (Å²) in [5.41, 5.74) is 2.21. The Morgan fingerprint density at radius 3 is 2.78 bits per heavy atom. The molecule has 1 aromatic heterocycles. The maximum atomic E-state index is 5.84. The van der Waals surface area contributed by atoms with Crippen LogP contribution < -0.4 is 4.90 Å². The second-order valence-electron chi connectivity index (χ2n) is 4.09. The largest absolute Gasteiger partial charge is 0.355 e. The first-order valence-corrected chi connectivity index (χ1v) is 6.68. The van der Waals surface area contributed by atoms with Crippen LogP contribution in [0.5, 0.6) is 0 Å². The van der Waals surface area contributed by atoms with Crippen molar-refractivity contribution in [2.75, 3.05) is 11.9 Å². The van der Waals surface area contributed by atoms with Crippen molar-refractivity contribution in [1.29, 1.82) is 0 Å². The van der Waals surface area contributed by atoms with E-state index in [1.165, 1.54) is 5.56 Å². The zero-order valence-corrected chi connectivity index (χ0v) is 12.5. The molecular weight excluding hydrogens is 314 g/mol. The van der Waals surface area contributed by atoms with Gasteiger partial charge in [-0.3, -0.25) is 0 Å². The molecule has 0 unspecified atom stereocenters. The topological polar surface area (TPSA) is 29.0 Å². The Morgan fingerprint density at radius 2 is 2.06 bits per heavy atom. The minimum atomic E-state index is 0.273. The molecular formula is C13H13BrClN3. The molecule has 1 aromatic carbocycles. The van der Waals surface area contributed by atoms with Gasteiger partial charge in [0.2, 0.25) is 5.28 Å². The fourth-order valence-corrected chi connectivity index (χ4v) is 2.29. The van der Waals surface area contributed by atoms with E-state index in [4.69, 9.17) is 11.6 Å². The Kier molecular flexibility index (Phi) is 4.19. The van der Waals surface area contributed by atoms with E-state index in [2.05, 4.69) is 36.9 Å². The van der Waals surface area contributed by atoms with E-state index >= 15 is 0 Å². The van der Waals surface area contributed by atoms with Gasteiger partial charge < -0.3 is 4.90 Å². The standard InChI is InChI=1S/C13H13BrClN3/c1-9-7-16-13(15)17-12(9)18(2)8-10-5-3-4-6-11(10)14/h3-7H,8H2,1-2H3. The molecule has 5 heteroatoms. The van der Waals surface area contributed by atoms with Gasteiger partial charge in [-0.15, -0.1) is 0 Å². The first-order chi connectivity index (χ1) is 8.58. The third-order valence-corrected chi connectivity index (χ3v) is 3.60. The molecule has 1 heterocycles. The van der Waals surface area contributed by atoms with Crippen LogP contribution in [-0.2, 0) is 6.54 Å². The molecule has 0 aliphatic heterocycles. The fourth-order valence-electron chi connectivity index (χ4n) is 1.76. The summed E-state index contributed by atoms with van der Waals surface area (Å²) in [5.74, 6) is 0.853. The highest BCUT2D eigenvalue weighted by molar-refractivity contribution is 9.10. The molecule has 0 aliphatic rings. The van der Waals surface area contributed by atoms with Crippen molar-refractivity contribution in [3.05, 3.63) is 51.3 Å². The number of nitrogens with zero attached hydrogens (tertiary/aromatic N) is 3. The Balaban J connectivity index is 2.25. The summed E-state index contributed by atoms with van der Waals surface area (Å²) in [5, 5.41) is 0.273. The van der Waals surface area contributed by atoms with E-state index in [1.807, 2.05) is 32.2 Å². The lowest BCUT2D eigenvalue weighted by Crippen LogP contribution is -2.19. The lowest BCUT2D eigenvalue weighted by molar-refractivity contribution is 0.879. The Morgan fingerprint density at radius 1 is 1.33 bits per heavy atom. The monoisotopic (exact) mass is 325 g/mol. The molecule has 0 bridgehead atoms. The van der Waals surface area contributed by atoms with Gasteiger partial charge in [-0.1, -0.05) is 34.1 Å². The van der Waals surface area contributed by atoms with Crippen molar-refractivity contribution in [3.63, 3.8) is 0 Å². The molecule has 3 nitrogen and oxygen atoms in total. The van der Waals surface area contributed by atoms with Gasteiger partial charge in [0.25, 0.3) is 0 Å². The van der Waals surface area contributed by atoms with Crippen LogP contribution in [0.4, 0.5) is 5.82 Å². The first kappa shape index (κ1) is 13.3. The summed E-state index contributed by atoms with van der Waals surface area (Å²) in [6.45, 7) is 2.73. The van der Waals surface area contributed by atoms with Crippen LogP contribution in [0.25, 0.3) is 0 Å². The number of benzene rings is 1. The predicted octanol–water partition coefficient (Wildman–Crippen LogP) is 3.84. The molecule has 0 saturated carbocycles. The third kappa shape index (κ3) is 3.00. The highest BCUT2D eigenvalue weighted by Crippen LogP contribution is 2.22.